The number of carbonyl (C=O) groups is 1. The summed E-state index contributed by atoms with van der Waals surface area (Å²) in [5.74, 6) is 0.808. The molecule has 1 aliphatic heterocycles. The molecule has 1 saturated heterocycles. The van der Waals surface area contributed by atoms with Gasteiger partial charge in [0.25, 0.3) is 0 Å². The van der Waals surface area contributed by atoms with Crippen LogP contribution in [0.5, 0.6) is 0 Å². The third-order valence-corrected chi connectivity index (χ3v) is 2.76. The lowest BCUT2D eigenvalue weighted by molar-refractivity contribution is -0.133. The summed E-state index contributed by atoms with van der Waals surface area (Å²) >= 11 is 0. The van der Waals surface area contributed by atoms with Crippen LogP contribution in [0.1, 0.15) is 41.0 Å². The molecule has 0 unspecified atom stereocenters. The maximum absolute atomic E-state index is 11.7. The molecule has 1 rings (SSSR count). The van der Waals surface area contributed by atoms with Crippen molar-refractivity contribution in [2.45, 2.75) is 41.0 Å². The van der Waals surface area contributed by atoms with Gasteiger partial charge >= 0.3 is 0 Å². The van der Waals surface area contributed by atoms with E-state index in [9.17, 15) is 4.79 Å². The van der Waals surface area contributed by atoms with Crippen molar-refractivity contribution in [1.82, 2.24) is 9.80 Å². The van der Waals surface area contributed by atoms with Crippen molar-refractivity contribution in [3.63, 3.8) is 0 Å². The Labute approximate surface area is 101 Å². The zero-order chi connectivity index (χ0) is 12.6. The van der Waals surface area contributed by atoms with Gasteiger partial charge in [0, 0.05) is 32.6 Å². The maximum Gasteiger partial charge on any atom is 0.222 e. The Balaban J connectivity index is 0.00000106. The van der Waals surface area contributed by atoms with Gasteiger partial charge in [-0.3, -0.25) is 4.79 Å². The number of hydrogen-bond donors (Lipinski definition) is 0. The summed E-state index contributed by atoms with van der Waals surface area (Å²) in [6.45, 7) is 15.4. The molecule has 0 aliphatic carbocycles. The molecule has 0 aromatic rings. The second kappa shape index (κ2) is 8.57. The van der Waals surface area contributed by atoms with Gasteiger partial charge in [0.05, 0.1) is 0 Å². The molecule has 0 spiro atoms. The Morgan fingerprint density at radius 1 is 1.12 bits per heavy atom. The molecule has 3 heteroatoms. The van der Waals surface area contributed by atoms with Crippen LogP contribution in [0.25, 0.3) is 0 Å². The molecule has 1 aliphatic rings. The molecule has 0 N–H and O–H groups in total. The van der Waals surface area contributed by atoms with Gasteiger partial charge in [-0.2, -0.15) is 0 Å². The minimum atomic E-state index is 0.329. The zero-order valence-corrected chi connectivity index (χ0v) is 11.6. The molecular formula is C13H28N2O. The Morgan fingerprint density at radius 2 is 1.62 bits per heavy atom. The topological polar surface area (TPSA) is 23.6 Å². The molecule has 0 saturated carbocycles. The fourth-order valence-corrected chi connectivity index (χ4v) is 1.79. The maximum atomic E-state index is 11.7. The van der Waals surface area contributed by atoms with E-state index in [0.29, 0.717) is 18.2 Å². The Kier molecular flexibility index (Phi) is 8.26. The van der Waals surface area contributed by atoms with E-state index in [-0.39, 0.29) is 0 Å². The van der Waals surface area contributed by atoms with Gasteiger partial charge in [-0.05, 0) is 12.5 Å². The van der Waals surface area contributed by atoms with Crippen LogP contribution in [-0.2, 0) is 4.79 Å². The molecule has 1 amide bonds. The van der Waals surface area contributed by atoms with Crippen molar-refractivity contribution in [3.8, 4) is 0 Å². The first-order valence-corrected chi connectivity index (χ1v) is 6.63. The molecule has 0 aromatic carbocycles. The summed E-state index contributed by atoms with van der Waals surface area (Å²) < 4.78 is 0. The van der Waals surface area contributed by atoms with Crippen molar-refractivity contribution >= 4 is 5.91 Å². The first-order valence-electron chi connectivity index (χ1n) is 6.63. The molecular weight excluding hydrogens is 200 g/mol. The number of amides is 1. The third kappa shape index (κ3) is 5.50. The average Bonchev–Trinajstić information content (AvgIpc) is 2.31. The number of carbonyl (C=O) groups excluding carboxylic acids is 1. The van der Waals surface area contributed by atoms with Crippen LogP contribution >= 0.6 is 0 Å². The summed E-state index contributed by atoms with van der Waals surface area (Å²) in [7, 11) is 0. The minimum Gasteiger partial charge on any atom is -0.340 e. The SMILES string of the molecule is CC.CCN1CCN(C(=O)CC(C)C)CC1. The number of hydrogen-bond acceptors (Lipinski definition) is 2. The molecule has 0 aromatic heterocycles. The van der Waals surface area contributed by atoms with Crippen LogP contribution in [0.15, 0.2) is 0 Å². The minimum absolute atomic E-state index is 0.329. The quantitative estimate of drug-likeness (QED) is 0.739. The van der Waals surface area contributed by atoms with Crippen molar-refractivity contribution < 1.29 is 4.79 Å². The standard InChI is InChI=1S/C11H22N2O.C2H6/c1-4-12-5-7-13(8-6-12)11(14)9-10(2)3;1-2/h10H,4-9H2,1-3H3;1-2H3. The van der Waals surface area contributed by atoms with Gasteiger partial charge in [0.2, 0.25) is 5.91 Å². The predicted octanol–water partition coefficient (Wildman–Crippen LogP) is 2.22. The average molecular weight is 228 g/mol. The van der Waals surface area contributed by atoms with E-state index >= 15 is 0 Å². The van der Waals surface area contributed by atoms with Gasteiger partial charge in [-0.25, -0.2) is 0 Å². The highest BCUT2D eigenvalue weighted by molar-refractivity contribution is 5.76. The predicted molar refractivity (Wildman–Crippen MR) is 69.5 cm³/mol. The van der Waals surface area contributed by atoms with Crippen LogP contribution in [0, 0.1) is 5.92 Å². The fourth-order valence-electron chi connectivity index (χ4n) is 1.79. The van der Waals surface area contributed by atoms with Gasteiger partial charge < -0.3 is 9.80 Å². The van der Waals surface area contributed by atoms with Crippen molar-refractivity contribution in [2.24, 2.45) is 5.92 Å². The van der Waals surface area contributed by atoms with Crippen molar-refractivity contribution in [3.05, 3.63) is 0 Å². The van der Waals surface area contributed by atoms with Crippen LogP contribution in [0.4, 0.5) is 0 Å². The van der Waals surface area contributed by atoms with Crippen molar-refractivity contribution in [1.29, 1.82) is 0 Å². The molecule has 3 nitrogen and oxygen atoms in total. The second-order valence-corrected chi connectivity index (χ2v) is 4.41. The Morgan fingerprint density at radius 3 is 2.00 bits per heavy atom. The van der Waals surface area contributed by atoms with Crippen LogP contribution in [0.2, 0.25) is 0 Å². The third-order valence-electron chi connectivity index (χ3n) is 2.76. The first kappa shape index (κ1) is 15.4. The summed E-state index contributed by atoms with van der Waals surface area (Å²) in [5.41, 5.74) is 0. The lowest BCUT2D eigenvalue weighted by Gasteiger charge is -2.34. The van der Waals surface area contributed by atoms with Gasteiger partial charge in [0.15, 0.2) is 0 Å². The van der Waals surface area contributed by atoms with Crippen molar-refractivity contribution in [2.75, 3.05) is 32.7 Å². The summed E-state index contributed by atoms with van der Waals surface area (Å²) in [6.07, 6.45) is 0.701. The smallest absolute Gasteiger partial charge is 0.222 e. The van der Waals surface area contributed by atoms with E-state index in [2.05, 4.69) is 25.7 Å². The summed E-state index contributed by atoms with van der Waals surface area (Å²) in [4.78, 5) is 16.1. The fraction of sp³-hybridized carbons (Fsp3) is 0.923. The zero-order valence-electron chi connectivity index (χ0n) is 11.6. The molecule has 0 bridgehead atoms. The highest BCUT2D eigenvalue weighted by atomic mass is 16.2. The Hall–Kier alpha value is -0.570. The Bertz CT molecular complexity index is 184. The van der Waals surface area contributed by atoms with E-state index in [1.807, 2.05) is 18.7 Å². The van der Waals surface area contributed by atoms with Crippen LogP contribution < -0.4 is 0 Å². The largest absolute Gasteiger partial charge is 0.340 e. The summed E-state index contributed by atoms with van der Waals surface area (Å²) in [5, 5.41) is 0. The second-order valence-electron chi connectivity index (χ2n) is 4.41. The van der Waals surface area contributed by atoms with Gasteiger partial charge in [-0.15, -0.1) is 0 Å². The number of rotatable bonds is 3. The first-order chi connectivity index (χ1) is 7.63. The normalized spacial score (nSPS) is 17.0. The highest BCUT2D eigenvalue weighted by Gasteiger charge is 2.20. The van der Waals surface area contributed by atoms with E-state index in [0.717, 1.165) is 32.7 Å². The number of piperazine rings is 1. The lowest BCUT2D eigenvalue weighted by Crippen LogP contribution is -2.48. The molecule has 96 valence electrons. The number of nitrogens with zero attached hydrogens (tertiary/aromatic N) is 2. The monoisotopic (exact) mass is 228 g/mol. The van der Waals surface area contributed by atoms with Crippen LogP contribution in [-0.4, -0.2) is 48.4 Å². The summed E-state index contributed by atoms with van der Waals surface area (Å²) in [6, 6.07) is 0. The van der Waals surface area contributed by atoms with E-state index in [4.69, 9.17) is 0 Å². The lowest BCUT2D eigenvalue weighted by atomic mass is 10.1. The van der Waals surface area contributed by atoms with E-state index in [1.165, 1.54) is 0 Å². The highest BCUT2D eigenvalue weighted by Crippen LogP contribution is 2.07. The molecule has 16 heavy (non-hydrogen) atoms. The molecule has 1 fully saturated rings. The van der Waals surface area contributed by atoms with E-state index < -0.39 is 0 Å². The van der Waals surface area contributed by atoms with Gasteiger partial charge in [-0.1, -0.05) is 34.6 Å². The molecule has 0 radical (unpaired) electrons. The van der Waals surface area contributed by atoms with Gasteiger partial charge in [0.1, 0.15) is 0 Å². The number of likely N-dealkylation sites (N-methyl/N-ethyl adjacent to an activating group) is 1. The molecule has 0 atom stereocenters. The molecule has 1 heterocycles. The van der Waals surface area contributed by atoms with E-state index in [1.54, 1.807) is 0 Å². The van der Waals surface area contributed by atoms with Crippen LogP contribution in [0.3, 0.4) is 0 Å².